The first-order valence-electron chi connectivity index (χ1n) is 6.95. The van der Waals surface area contributed by atoms with Crippen molar-refractivity contribution in [2.75, 3.05) is 0 Å². The minimum atomic E-state index is -1.44. The second-order valence-corrected chi connectivity index (χ2v) is 8.04. The normalized spacial score (nSPS) is 14.6. The molecule has 1 aromatic rings. The van der Waals surface area contributed by atoms with Gasteiger partial charge < -0.3 is 9.66 Å². The van der Waals surface area contributed by atoms with Gasteiger partial charge in [0.15, 0.2) is 0 Å². The van der Waals surface area contributed by atoms with Crippen LogP contribution in [0.3, 0.4) is 0 Å². The third-order valence-electron chi connectivity index (χ3n) is 2.98. The Labute approximate surface area is 132 Å². The van der Waals surface area contributed by atoms with Crippen molar-refractivity contribution >= 4 is 17.3 Å². The minimum Gasteiger partial charge on any atom is -0.598 e. The second-order valence-electron chi connectivity index (χ2n) is 6.04. The molecule has 0 aliphatic carbocycles. The lowest BCUT2D eigenvalue weighted by Crippen LogP contribution is -2.41. The lowest BCUT2D eigenvalue weighted by atomic mass is 10.0. The van der Waals surface area contributed by atoms with Gasteiger partial charge in [-0.15, -0.1) is 4.72 Å². The Balaban J connectivity index is 2.92. The smallest absolute Gasteiger partial charge is 0.303 e. The van der Waals surface area contributed by atoms with E-state index in [1.165, 1.54) is 12.1 Å². The number of halogens is 2. The number of carbonyl (C=O) groups is 1. The van der Waals surface area contributed by atoms with E-state index in [0.29, 0.717) is 18.4 Å². The number of carboxylic acid groups (broad SMARTS) is 1. The van der Waals surface area contributed by atoms with E-state index in [-0.39, 0.29) is 6.42 Å². The molecule has 0 bridgehead atoms. The van der Waals surface area contributed by atoms with Crippen LogP contribution in [0.2, 0.25) is 0 Å². The van der Waals surface area contributed by atoms with Gasteiger partial charge in [0.1, 0.15) is 16.4 Å². The van der Waals surface area contributed by atoms with Crippen molar-refractivity contribution in [2.24, 2.45) is 0 Å². The molecule has 0 radical (unpaired) electrons. The molecule has 0 saturated carbocycles. The number of nitrogens with one attached hydrogen (secondary N) is 1. The number of rotatable bonds is 7. The van der Waals surface area contributed by atoms with E-state index in [1.807, 2.05) is 0 Å². The molecule has 1 rings (SSSR count). The molecule has 0 spiro atoms. The van der Waals surface area contributed by atoms with Crippen molar-refractivity contribution in [3.8, 4) is 0 Å². The molecule has 124 valence electrons. The molecular formula is C15H21F2NO3S. The molecular weight excluding hydrogens is 312 g/mol. The van der Waals surface area contributed by atoms with Crippen LogP contribution in [0, 0.1) is 11.6 Å². The van der Waals surface area contributed by atoms with Crippen LogP contribution in [-0.2, 0) is 16.2 Å². The summed E-state index contributed by atoms with van der Waals surface area (Å²) < 4.78 is 41.3. The van der Waals surface area contributed by atoms with E-state index in [0.717, 1.165) is 6.07 Å². The van der Waals surface area contributed by atoms with Crippen molar-refractivity contribution in [3.05, 3.63) is 35.4 Å². The summed E-state index contributed by atoms with van der Waals surface area (Å²) in [5.41, 5.74) is 0.320. The number of carboxylic acids is 1. The molecule has 22 heavy (non-hydrogen) atoms. The van der Waals surface area contributed by atoms with Crippen molar-refractivity contribution in [1.82, 2.24) is 4.72 Å². The topological polar surface area (TPSA) is 72.4 Å². The van der Waals surface area contributed by atoms with Gasteiger partial charge in [-0.2, -0.15) is 0 Å². The summed E-state index contributed by atoms with van der Waals surface area (Å²) in [4.78, 5) is 10.6. The monoisotopic (exact) mass is 333 g/mol. The number of hydrogen-bond donors (Lipinski definition) is 2. The summed E-state index contributed by atoms with van der Waals surface area (Å²) in [6.07, 6.45) is 0.571. The fourth-order valence-corrected chi connectivity index (χ4v) is 2.70. The lowest BCUT2D eigenvalue weighted by Gasteiger charge is -2.28. The third-order valence-corrected chi connectivity index (χ3v) is 4.59. The number of hydrogen-bond acceptors (Lipinski definition) is 3. The Hall–Kier alpha value is -1.18. The fourth-order valence-electron chi connectivity index (χ4n) is 1.83. The highest BCUT2D eigenvalue weighted by Crippen LogP contribution is 2.25. The van der Waals surface area contributed by atoms with Crippen LogP contribution >= 0.6 is 0 Å². The zero-order chi connectivity index (χ0) is 16.9. The number of benzene rings is 1. The standard InChI is InChI=1S/C15H21F2NO3S/c1-15(2,3)22(21)18-13(5-4-6-14(19)20)10-7-11(16)9-12(17)8-10/h7-9,13,18H,4-6H2,1-3H3,(H,19,20). The summed E-state index contributed by atoms with van der Waals surface area (Å²) in [6, 6.07) is 2.52. The first-order valence-corrected chi connectivity index (χ1v) is 8.10. The molecule has 0 heterocycles. The molecule has 0 amide bonds. The Morgan fingerprint density at radius 1 is 1.32 bits per heavy atom. The zero-order valence-corrected chi connectivity index (χ0v) is 13.7. The first kappa shape index (κ1) is 18.9. The maximum Gasteiger partial charge on any atom is 0.303 e. The van der Waals surface area contributed by atoms with Gasteiger partial charge in [-0.1, -0.05) is 0 Å². The molecule has 1 aromatic carbocycles. The van der Waals surface area contributed by atoms with Crippen LogP contribution in [0.5, 0.6) is 0 Å². The van der Waals surface area contributed by atoms with Gasteiger partial charge in [-0.05, 0) is 51.3 Å². The van der Waals surface area contributed by atoms with Gasteiger partial charge in [0.25, 0.3) is 0 Å². The van der Waals surface area contributed by atoms with E-state index >= 15 is 0 Å². The van der Waals surface area contributed by atoms with Crippen LogP contribution in [0.15, 0.2) is 18.2 Å². The highest BCUT2D eigenvalue weighted by atomic mass is 32.2. The Morgan fingerprint density at radius 2 is 1.86 bits per heavy atom. The summed E-state index contributed by atoms with van der Waals surface area (Å²) >= 11 is -1.44. The Morgan fingerprint density at radius 3 is 2.32 bits per heavy atom. The van der Waals surface area contributed by atoms with Crippen LogP contribution in [0.4, 0.5) is 8.78 Å². The van der Waals surface area contributed by atoms with E-state index in [9.17, 15) is 18.1 Å². The first-order chi connectivity index (χ1) is 10.1. The average molecular weight is 333 g/mol. The number of aliphatic carboxylic acids is 1. The van der Waals surface area contributed by atoms with Crippen molar-refractivity contribution < 1.29 is 23.2 Å². The Kier molecular flexibility index (Phi) is 6.77. The van der Waals surface area contributed by atoms with Crippen molar-refractivity contribution in [3.63, 3.8) is 0 Å². The van der Waals surface area contributed by atoms with E-state index in [4.69, 9.17) is 5.11 Å². The average Bonchev–Trinajstić information content (AvgIpc) is 2.34. The molecule has 0 aliphatic rings. The van der Waals surface area contributed by atoms with E-state index < -0.39 is 39.8 Å². The minimum absolute atomic E-state index is 0.0574. The lowest BCUT2D eigenvalue weighted by molar-refractivity contribution is -0.137. The molecule has 0 aromatic heterocycles. The maximum atomic E-state index is 13.4. The van der Waals surface area contributed by atoms with Crippen LogP contribution in [0.25, 0.3) is 0 Å². The molecule has 0 saturated heterocycles. The van der Waals surface area contributed by atoms with Crippen molar-refractivity contribution in [1.29, 1.82) is 0 Å². The molecule has 0 fully saturated rings. The maximum absolute atomic E-state index is 13.4. The SMILES string of the molecule is CC(C)(C)[S+]([O-])NC(CCCC(=O)O)c1cc(F)cc(F)c1. The largest absolute Gasteiger partial charge is 0.598 e. The van der Waals surface area contributed by atoms with Crippen molar-refractivity contribution in [2.45, 2.75) is 50.8 Å². The molecule has 0 aliphatic heterocycles. The summed E-state index contributed by atoms with van der Waals surface area (Å²) in [5, 5.41) is 8.70. The quantitative estimate of drug-likeness (QED) is 0.751. The summed E-state index contributed by atoms with van der Waals surface area (Å²) in [6.45, 7) is 5.32. The van der Waals surface area contributed by atoms with Gasteiger partial charge in [-0.3, -0.25) is 4.79 Å². The molecule has 2 N–H and O–H groups in total. The summed E-state index contributed by atoms with van der Waals surface area (Å²) in [7, 11) is 0. The fraction of sp³-hybridized carbons (Fsp3) is 0.533. The van der Waals surface area contributed by atoms with E-state index in [2.05, 4.69) is 4.72 Å². The van der Waals surface area contributed by atoms with Gasteiger partial charge in [0.05, 0.1) is 6.04 Å². The highest BCUT2D eigenvalue weighted by Gasteiger charge is 2.30. The van der Waals surface area contributed by atoms with Gasteiger partial charge in [0.2, 0.25) is 0 Å². The van der Waals surface area contributed by atoms with Gasteiger partial charge in [0, 0.05) is 23.8 Å². The molecule has 2 unspecified atom stereocenters. The molecule has 4 nitrogen and oxygen atoms in total. The predicted molar refractivity (Wildman–Crippen MR) is 81.6 cm³/mol. The third kappa shape index (κ3) is 6.29. The van der Waals surface area contributed by atoms with Crippen LogP contribution in [-0.4, -0.2) is 20.4 Å². The molecule has 2 atom stereocenters. The van der Waals surface area contributed by atoms with E-state index in [1.54, 1.807) is 20.8 Å². The summed E-state index contributed by atoms with van der Waals surface area (Å²) in [5.74, 6) is -2.38. The van der Waals surface area contributed by atoms with Crippen LogP contribution in [0.1, 0.15) is 51.6 Å². The zero-order valence-electron chi connectivity index (χ0n) is 12.9. The second kappa shape index (κ2) is 7.89. The molecule has 7 heteroatoms. The Bertz CT molecular complexity index is 500. The van der Waals surface area contributed by atoms with Crippen LogP contribution < -0.4 is 4.72 Å². The predicted octanol–water partition coefficient (Wildman–Crippen LogP) is 3.31. The van der Waals surface area contributed by atoms with Gasteiger partial charge >= 0.3 is 5.97 Å². The highest BCUT2D eigenvalue weighted by molar-refractivity contribution is 7.90. The van der Waals surface area contributed by atoms with Gasteiger partial charge in [-0.25, -0.2) is 8.78 Å².